The van der Waals surface area contributed by atoms with Crippen molar-refractivity contribution in [3.63, 3.8) is 0 Å². The highest BCUT2D eigenvalue weighted by molar-refractivity contribution is 6.08. The van der Waals surface area contributed by atoms with E-state index in [-0.39, 0.29) is 30.0 Å². The minimum absolute atomic E-state index is 0.102. The number of benzene rings is 2. The van der Waals surface area contributed by atoms with Gasteiger partial charge in [0.25, 0.3) is 5.91 Å². The molecule has 0 saturated carbocycles. The van der Waals surface area contributed by atoms with Gasteiger partial charge in [0.15, 0.2) is 5.54 Å². The quantitative estimate of drug-likeness (QED) is 0.141. The van der Waals surface area contributed by atoms with Crippen LogP contribution < -0.4 is 15.7 Å². The van der Waals surface area contributed by atoms with E-state index in [0.717, 1.165) is 5.56 Å². The van der Waals surface area contributed by atoms with Gasteiger partial charge in [0, 0.05) is 23.6 Å². The van der Waals surface area contributed by atoms with Crippen molar-refractivity contribution < 1.29 is 31.9 Å². The fourth-order valence-corrected chi connectivity index (χ4v) is 5.90. The Morgan fingerprint density at radius 1 is 0.953 bits per heavy atom. The molecule has 1 unspecified atom stereocenters. The summed E-state index contributed by atoms with van der Waals surface area (Å²) in [5.74, 6) is 0.127. The summed E-state index contributed by atoms with van der Waals surface area (Å²) in [5, 5.41) is 2.81. The molecule has 0 aliphatic carbocycles. The fourth-order valence-electron chi connectivity index (χ4n) is 5.90. The van der Waals surface area contributed by atoms with Crippen LogP contribution in [0.1, 0.15) is 82.6 Å². The Labute approximate surface area is 249 Å². The monoisotopic (exact) mass is 600 g/mol. The van der Waals surface area contributed by atoms with Crippen molar-refractivity contribution in [2.24, 2.45) is 5.41 Å². The van der Waals surface area contributed by atoms with E-state index in [1.54, 1.807) is 0 Å². The molecule has 4 rings (SSSR count). The lowest BCUT2D eigenvalue weighted by molar-refractivity contribution is -0.137. The first-order valence-electron chi connectivity index (χ1n) is 14.8. The summed E-state index contributed by atoms with van der Waals surface area (Å²) in [6, 6.07) is 10.7. The van der Waals surface area contributed by atoms with Crippen LogP contribution in [0.3, 0.4) is 0 Å². The number of hydrogen-bond donors (Lipinski definition) is 1. The molecule has 43 heavy (non-hydrogen) atoms. The van der Waals surface area contributed by atoms with Crippen LogP contribution in [0, 0.1) is 5.41 Å². The van der Waals surface area contributed by atoms with Crippen molar-refractivity contribution in [3.05, 3.63) is 75.1 Å². The van der Waals surface area contributed by atoms with Crippen LogP contribution >= 0.6 is 0 Å². The van der Waals surface area contributed by atoms with Crippen LogP contribution in [0.5, 0.6) is 5.75 Å². The molecular formula is C33H39F3N2O5. The SMILES string of the molecule is CCCc1cc2c(C(F)(F)F)cc(=O)oc2c(CCC)c1OCCCCN1C(=O)NC(c2ccccc2)(C(C)(C)C)C1=O. The van der Waals surface area contributed by atoms with Crippen molar-refractivity contribution in [2.45, 2.75) is 84.9 Å². The largest absolute Gasteiger partial charge is 0.493 e. The van der Waals surface area contributed by atoms with E-state index in [1.807, 2.05) is 65.0 Å². The number of amides is 3. The number of hydrogen-bond acceptors (Lipinski definition) is 5. The van der Waals surface area contributed by atoms with Gasteiger partial charge in [0.2, 0.25) is 0 Å². The first-order valence-corrected chi connectivity index (χ1v) is 14.8. The Morgan fingerprint density at radius 2 is 1.63 bits per heavy atom. The number of rotatable bonds is 11. The molecule has 0 bridgehead atoms. The maximum Gasteiger partial charge on any atom is 0.417 e. The molecule has 10 heteroatoms. The number of alkyl halides is 3. The average molecular weight is 601 g/mol. The predicted molar refractivity (Wildman–Crippen MR) is 158 cm³/mol. The van der Waals surface area contributed by atoms with E-state index in [0.29, 0.717) is 61.5 Å². The lowest BCUT2D eigenvalue weighted by atomic mass is 9.69. The molecule has 3 aromatic rings. The minimum Gasteiger partial charge on any atom is -0.493 e. The highest BCUT2D eigenvalue weighted by Crippen LogP contribution is 2.44. The zero-order valence-electron chi connectivity index (χ0n) is 25.3. The molecule has 1 aliphatic rings. The number of carbonyl (C=O) groups is 2. The summed E-state index contributed by atoms with van der Waals surface area (Å²) in [4.78, 5) is 40.2. The second kappa shape index (κ2) is 12.4. The van der Waals surface area contributed by atoms with Gasteiger partial charge in [-0.25, -0.2) is 9.59 Å². The molecule has 232 valence electrons. The third kappa shape index (κ3) is 6.15. The first-order chi connectivity index (χ1) is 20.3. The van der Waals surface area contributed by atoms with Crippen LogP contribution in [0.25, 0.3) is 11.0 Å². The summed E-state index contributed by atoms with van der Waals surface area (Å²) in [6.07, 6.45) is -1.65. The van der Waals surface area contributed by atoms with E-state index < -0.39 is 34.4 Å². The van der Waals surface area contributed by atoms with Crippen LogP contribution in [0.2, 0.25) is 0 Å². The van der Waals surface area contributed by atoms with Gasteiger partial charge in [-0.1, -0.05) is 77.8 Å². The van der Waals surface area contributed by atoms with Gasteiger partial charge in [-0.3, -0.25) is 9.69 Å². The number of urea groups is 1. The van der Waals surface area contributed by atoms with E-state index in [9.17, 15) is 27.6 Å². The van der Waals surface area contributed by atoms with Crippen LogP contribution in [0.15, 0.2) is 51.7 Å². The van der Waals surface area contributed by atoms with Crippen molar-refractivity contribution >= 4 is 22.9 Å². The predicted octanol–water partition coefficient (Wildman–Crippen LogP) is 7.37. The highest BCUT2D eigenvalue weighted by atomic mass is 19.4. The minimum atomic E-state index is -4.71. The Balaban J connectivity index is 1.54. The Kier molecular flexibility index (Phi) is 9.27. The van der Waals surface area contributed by atoms with E-state index in [4.69, 9.17) is 9.15 Å². The Morgan fingerprint density at radius 3 is 2.23 bits per heavy atom. The molecule has 1 atom stereocenters. The number of nitrogens with zero attached hydrogens (tertiary/aromatic N) is 1. The number of halogens is 3. The number of imide groups is 1. The third-order valence-corrected chi connectivity index (χ3v) is 7.94. The zero-order chi connectivity index (χ0) is 31.6. The molecule has 1 saturated heterocycles. The molecule has 1 fully saturated rings. The normalized spacial score (nSPS) is 17.5. The number of carbonyl (C=O) groups excluding carboxylic acids is 2. The van der Waals surface area contributed by atoms with Gasteiger partial charge in [0.05, 0.1) is 12.2 Å². The van der Waals surface area contributed by atoms with Crippen LogP contribution in [0.4, 0.5) is 18.0 Å². The summed E-state index contributed by atoms with van der Waals surface area (Å²) in [5.41, 5.74) is -2.21. The molecule has 1 aliphatic heterocycles. The summed E-state index contributed by atoms with van der Waals surface area (Å²) >= 11 is 0. The van der Waals surface area contributed by atoms with E-state index in [2.05, 4.69) is 5.32 Å². The topological polar surface area (TPSA) is 88.8 Å². The third-order valence-electron chi connectivity index (χ3n) is 7.94. The second-order valence-corrected chi connectivity index (χ2v) is 12.0. The number of nitrogens with one attached hydrogen (secondary N) is 1. The maximum atomic E-state index is 13.8. The Hall–Kier alpha value is -3.82. The highest BCUT2D eigenvalue weighted by Gasteiger charge is 2.58. The molecular weight excluding hydrogens is 561 g/mol. The molecule has 0 spiro atoms. The van der Waals surface area contributed by atoms with Crippen LogP contribution in [-0.2, 0) is 29.4 Å². The Bertz CT molecular complexity index is 1540. The molecule has 2 aromatic carbocycles. The van der Waals surface area contributed by atoms with E-state index >= 15 is 0 Å². The zero-order valence-corrected chi connectivity index (χ0v) is 25.3. The van der Waals surface area contributed by atoms with Crippen molar-refractivity contribution in [3.8, 4) is 5.75 Å². The van der Waals surface area contributed by atoms with Crippen molar-refractivity contribution in [2.75, 3.05) is 13.2 Å². The molecule has 0 radical (unpaired) electrons. The second-order valence-electron chi connectivity index (χ2n) is 12.0. The van der Waals surface area contributed by atoms with Crippen molar-refractivity contribution in [1.29, 1.82) is 0 Å². The van der Waals surface area contributed by atoms with Crippen molar-refractivity contribution in [1.82, 2.24) is 10.2 Å². The molecule has 1 aromatic heterocycles. The molecule has 7 nitrogen and oxygen atoms in total. The number of unbranched alkanes of at least 4 members (excludes halogenated alkanes) is 1. The lowest BCUT2D eigenvalue weighted by Crippen LogP contribution is -2.54. The average Bonchev–Trinajstić information content (AvgIpc) is 3.20. The molecule has 1 N–H and O–H groups in total. The number of ether oxygens (including phenoxy) is 1. The van der Waals surface area contributed by atoms with Gasteiger partial charge in [-0.05, 0) is 48.3 Å². The summed E-state index contributed by atoms with van der Waals surface area (Å²) in [6.45, 7) is 9.95. The summed E-state index contributed by atoms with van der Waals surface area (Å²) in [7, 11) is 0. The lowest BCUT2D eigenvalue weighted by Gasteiger charge is -2.39. The smallest absolute Gasteiger partial charge is 0.417 e. The first kappa shape index (κ1) is 32.1. The van der Waals surface area contributed by atoms with Gasteiger partial charge in [-0.15, -0.1) is 0 Å². The van der Waals surface area contributed by atoms with Gasteiger partial charge in [0.1, 0.15) is 11.3 Å². The van der Waals surface area contributed by atoms with Gasteiger partial charge in [-0.2, -0.15) is 13.2 Å². The van der Waals surface area contributed by atoms with Gasteiger partial charge < -0.3 is 14.5 Å². The number of fused-ring (bicyclic) bond motifs is 1. The molecule has 3 amide bonds. The molecule has 2 heterocycles. The maximum absolute atomic E-state index is 13.8. The fraction of sp³-hybridized carbons (Fsp3) is 0.485. The van der Waals surface area contributed by atoms with Crippen LogP contribution in [-0.4, -0.2) is 30.0 Å². The van der Waals surface area contributed by atoms with Gasteiger partial charge >= 0.3 is 17.8 Å². The number of aryl methyl sites for hydroxylation is 2. The van der Waals surface area contributed by atoms with E-state index in [1.165, 1.54) is 11.0 Å². The standard InChI is InChI=1S/C33H39F3N2O5/c1-6-13-21-19-24-25(33(34,35)36)20-26(39)43-28(24)23(14-7-2)27(21)42-18-12-11-17-38-29(40)32(31(3,4)5,37-30(38)41)22-15-9-8-10-16-22/h8-10,15-16,19-20H,6-7,11-14,17-18H2,1-5H3,(H,37,41). The summed E-state index contributed by atoms with van der Waals surface area (Å²) < 4.78 is 53.1.